The van der Waals surface area contributed by atoms with Gasteiger partial charge in [-0.1, -0.05) is 0 Å². The highest BCUT2D eigenvalue weighted by Gasteiger charge is 2.18. The van der Waals surface area contributed by atoms with Crippen molar-refractivity contribution in [2.24, 2.45) is 5.73 Å². The summed E-state index contributed by atoms with van der Waals surface area (Å²) in [6, 6.07) is 0. The predicted octanol–water partition coefficient (Wildman–Crippen LogP) is -0.391. The van der Waals surface area contributed by atoms with Gasteiger partial charge in [-0.15, -0.1) is 0 Å². The van der Waals surface area contributed by atoms with Crippen molar-refractivity contribution in [2.45, 2.75) is 20.0 Å². The van der Waals surface area contributed by atoms with E-state index in [0.717, 1.165) is 4.31 Å². The minimum absolute atomic E-state index is 0.0123. The second kappa shape index (κ2) is 6.04. The van der Waals surface area contributed by atoms with Crippen molar-refractivity contribution in [3.8, 4) is 0 Å². The summed E-state index contributed by atoms with van der Waals surface area (Å²) in [5.41, 5.74) is 5.11. The molecule has 0 spiro atoms. The number of hydrogen-bond donors (Lipinski definition) is 2. The van der Waals surface area contributed by atoms with Crippen LogP contribution >= 0.6 is 0 Å². The molecule has 0 saturated heterocycles. The molecule has 3 N–H and O–H groups in total. The molecule has 0 aliphatic carbocycles. The van der Waals surface area contributed by atoms with E-state index in [1.165, 1.54) is 7.05 Å². The second-order valence-corrected chi connectivity index (χ2v) is 5.71. The Labute approximate surface area is 91.0 Å². The molecule has 0 fully saturated rings. The summed E-state index contributed by atoms with van der Waals surface area (Å²) >= 11 is 0. The first-order valence-electron chi connectivity index (χ1n) is 4.64. The summed E-state index contributed by atoms with van der Waals surface area (Å²) in [5, 5.41) is 6.99. The van der Waals surface area contributed by atoms with E-state index in [1.807, 2.05) is 13.8 Å². The Morgan fingerprint density at radius 3 is 2.47 bits per heavy atom. The van der Waals surface area contributed by atoms with Crippen LogP contribution in [0.15, 0.2) is 0 Å². The van der Waals surface area contributed by atoms with Crippen LogP contribution in [0.25, 0.3) is 0 Å². The molecule has 0 bridgehead atoms. The Morgan fingerprint density at radius 2 is 2.07 bits per heavy atom. The lowest BCUT2D eigenvalue weighted by Crippen LogP contribution is -2.37. The summed E-state index contributed by atoms with van der Waals surface area (Å²) in [6.07, 6.45) is 0.0123. The summed E-state index contributed by atoms with van der Waals surface area (Å²) in [5.74, 6) is -0.263. The first-order valence-corrected chi connectivity index (χ1v) is 6.25. The van der Waals surface area contributed by atoms with Gasteiger partial charge in [0, 0.05) is 7.05 Å². The molecule has 0 rings (SSSR count). The van der Waals surface area contributed by atoms with E-state index >= 15 is 0 Å². The van der Waals surface area contributed by atoms with Crippen LogP contribution in [0, 0.1) is 5.41 Å². The number of ether oxygens (including phenoxy) is 1. The molecule has 0 aromatic carbocycles. The van der Waals surface area contributed by atoms with Crippen molar-refractivity contribution in [1.29, 1.82) is 5.41 Å². The number of nitrogens with zero attached hydrogens (tertiary/aromatic N) is 1. The number of hydrogen-bond acceptors (Lipinski definition) is 4. The van der Waals surface area contributed by atoms with Crippen LogP contribution in [0.2, 0.25) is 0 Å². The van der Waals surface area contributed by atoms with Gasteiger partial charge in [0.05, 0.1) is 25.0 Å². The maximum atomic E-state index is 11.5. The fourth-order valence-electron chi connectivity index (χ4n) is 0.883. The van der Waals surface area contributed by atoms with E-state index in [0.29, 0.717) is 0 Å². The highest BCUT2D eigenvalue weighted by atomic mass is 32.2. The van der Waals surface area contributed by atoms with Gasteiger partial charge in [0.1, 0.15) is 5.84 Å². The van der Waals surface area contributed by atoms with E-state index in [4.69, 9.17) is 15.9 Å². The Morgan fingerprint density at radius 1 is 1.53 bits per heavy atom. The number of rotatable bonds is 7. The standard InChI is InChI=1S/C8H19N3O3S/c1-7(2)14-4-5-15(12,13)11(3)6-8(9)10/h7H,4-6H2,1-3H3,(H3,9,10). The molecule has 0 atom stereocenters. The summed E-state index contributed by atoms with van der Waals surface area (Å²) in [7, 11) is -1.97. The van der Waals surface area contributed by atoms with Crippen LogP contribution in [-0.4, -0.2) is 50.6 Å². The van der Waals surface area contributed by atoms with Crippen LogP contribution in [0.5, 0.6) is 0 Å². The minimum Gasteiger partial charge on any atom is -0.387 e. The Balaban J connectivity index is 4.12. The molecule has 0 aromatic rings. The molecule has 90 valence electrons. The molecule has 0 aromatic heterocycles. The van der Waals surface area contributed by atoms with E-state index < -0.39 is 10.0 Å². The molecule has 0 unspecified atom stereocenters. The van der Waals surface area contributed by atoms with Gasteiger partial charge in [0.15, 0.2) is 0 Å². The zero-order chi connectivity index (χ0) is 12.1. The highest BCUT2D eigenvalue weighted by molar-refractivity contribution is 7.89. The maximum absolute atomic E-state index is 11.5. The molecule has 0 aliphatic rings. The van der Waals surface area contributed by atoms with Crippen molar-refractivity contribution >= 4 is 15.9 Å². The average Bonchev–Trinajstić information content (AvgIpc) is 2.01. The van der Waals surface area contributed by atoms with Gasteiger partial charge in [0.25, 0.3) is 0 Å². The topological polar surface area (TPSA) is 96.5 Å². The monoisotopic (exact) mass is 237 g/mol. The van der Waals surface area contributed by atoms with Gasteiger partial charge < -0.3 is 10.5 Å². The molecule has 0 heterocycles. The fraction of sp³-hybridized carbons (Fsp3) is 0.875. The molecule has 15 heavy (non-hydrogen) atoms. The van der Waals surface area contributed by atoms with Crippen LogP contribution in [0.3, 0.4) is 0 Å². The zero-order valence-corrected chi connectivity index (χ0v) is 10.2. The summed E-state index contributed by atoms with van der Waals surface area (Å²) in [6.45, 7) is 3.75. The Bertz CT molecular complexity index is 300. The van der Waals surface area contributed by atoms with Crippen molar-refractivity contribution in [2.75, 3.05) is 26.0 Å². The number of nitrogens with two attached hydrogens (primary N) is 1. The molecule has 0 aliphatic heterocycles. The summed E-state index contributed by atoms with van der Waals surface area (Å²) < 4.78 is 29.3. The van der Waals surface area contributed by atoms with Crippen molar-refractivity contribution in [3.63, 3.8) is 0 Å². The highest BCUT2D eigenvalue weighted by Crippen LogP contribution is 1.98. The first kappa shape index (κ1) is 14.3. The average molecular weight is 237 g/mol. The number of sulfonamides is 1. The van der Waals surface area contributed by atoms with E-state index in [-0.39, 0.29) is 30.8 Å². The quantitative estimate of drug-likeness (QED) is 0.465. The summed E-state index contributed by atoms with van der Waals surface area (Å²) in [4.78, 5) is 0. The molecule has 0 amide bonds. The van der Waals surface area contributed by atoms with Gasteiger partial charge in [-0.25, -0.2) is 8.42 Å². The third-order valence-electron chi connectivity index (χ3n) is 1.66. The predicted molar refractivity (Wildman–Crippen MR) is 59.4 cm³/mol. The lowest BCUT2D eigenvalue weighted by Gasteiger charge is -2.16. The van der Waals surface area contributed by atoms with Crippen LogP contribution in [-0.2, 0) is 14.8 Å². The van der Waals surface area contributed by atoms with E-state index in [2.05, 4.69) is 0 Å². The first-order chi connectivity index (χ1) is 6.75. The number of nitrogens with one attached hydrogen (secondary N) is 1. The molecule has 0 radical (unpaired) electrons. The molecule has 6 nitrogen and oxygen atoms in total. The molecular weight excluding hydrogens is 218 g/mol. The van der Waals surface area contributed by atoms with E-state index in [9.17, 15) is 8.42 Å². The van der Waals surface area contributed by atoms with Gasteiger partial charge in [-0.05, 0) is 13.8 Å². The lowest BCUT2D eigenvalue weighted by molar-refractivity contribution is 0.0908. The van der Waals surface area contributed by atoms with Gasteiger partial charge in [-0.3, -0.25) is 5.41 Å². The third-order valence-corrected chi connectivity index (χ3v) is 3.42. The smallest absolute Gasteiger partial charge is 0.216 e. The largest absolute Gasteiger partial charge is 0.387 e. The van der Waals surface area contributed by atoms with E-state index in [1.54, 1.807) is 0 Å². The Hall–Kier alpha value is -0.660. The van der Waals surface area contributed by atoms with Gasteiger partial charge >= 0.3 is 0 Å². The van der Waals surface area contributed by atoms with Crippen molar-refractivity contribution in [1.82, 2.24) is 4.31 Å². The Kier molecular flexibility index (Phi) is 5.77. The molecule has 0 saturated carbocycles. The van der Waals surface area contributed by atoms with Crippen LogP contribution < -0.4 is 5.73 Å². The fourth-order valence-corrected chi connectivity index (χ4v) is 1.84. The molecular formula is C8H19N3O3S. The van der Waals surface area contributed by atoms with Crippen LogP contribution in [0.1, 0.15) is 13.8 Å². The SMILES string of the molecule is CC(C)OCCS(=O)(=O)N(C)CC(=N)N. The van der Waals surface area contributed by atoms with Gasteiger partial charge in [0.2, 0.25) is 10.0 Å². The zero-order valence-electron chi connectivity index (χ0n) is 9.36. The number of likely N-dealkylation sites (N-methyl/N-ethyl adjacent to an activating group) is 1. The third kappa shape index (κ3) is 6.43. The van der Waals surface area contributed by atoms with Crippen molar-refractivity contribution < 1.29 is 13.2 Å². The minimum atomic E-state index is -3.36. The van der Waals surface area contributed by atoms with Crippen molar-refractivity contribution in [3.05, 3.63) is 0 Å². The van der Waals surface area contributed by atoms with Gasteiger partial charge in [-0.2, -0.15) is 4.31 Å². The lowest BCUT2D eigenvalue weighted by atomic mass is 10.5. The maximum Gasteiger partial charge on any atom is 0.216 e. The normalized spacial score (nSPS) is 12.3. The second-order valence-electron chi connectivity index (χ2n) is 3.52. The molecule has 7 heteroatoms. The van der Waals surface area contributed by atoms with Crippen LogP contribution in [0.4, 0.5) is 0 Å². The number of amidine groups is 1.